The Morgan fingerprint density at radius 1 is 1.35 bits per heavy atom. The number of nitriles is 1. The van der Waals surface area contributed by atoms with Crippen LogP contribution in [-0.4, -0.2) is 24.9 Å². The molecule has 0 bridgehead atoms. The van der Waals surface area contributed by atoms with Crippen molar-refractivity contribution in [1.82, 2.24) is 4.90 Å². The van der Waals surface area contributed by atoms with E-state index in [2.05, 4.69) is 6.07 Å². The Hall–Kier alpha value is -1.82. The van der Waals surface area contributed by atoms with Crippen LogP contribution in [0.1, 0.15) is 24.8 Å². The van der Waals surface area contributed by atoms with E-state index in [4.69, 9.17) is 5.26 Å². The summed E-state index contributed by atoms with van der Waals surface area (Å²) in [5, 5.41) is 9.04. The van der Waals surface area contributed by atoms with E-state index >= 15 is 0 Å². The van der Waals surface area contributed by atoms with Gasteiger partial charge in [0.2, 0.25) is 5.91 Å². The van der Waals surface area contributed by atoms with Crippen molar-refractivity contribution in [1.29, 1.82) is 5.26 Å². The zero-order valence-corrected chi connectivity index (χ0v) is 10.6. The zero-order chi connectivity index (χ0) is 12.8. The molecule has 0 fully saturated rings. The second-order valence-electron chi connectivity index (χ2n) is 4.43. The predicted octanol–water partition coefficient (Wildman–Crippen LogP) is 2.41. The molecule has 90 valence electrons. The molecule has 0 N–H and O–H groups in total. The zero-order valence-electron chi connectivity index (χ0n) is 10.6. The van der Waals surface area contributed by atoms with Crippen molar-refractivity contribution < 1.29 is 4.79 Å². The largest absolute Gasteiger partial charge is 0.349 e. The second-order valence-corrected chi connectivity index (χ2v) is 4.43. The third-order valence-electron chi connectivity index (χ3n) is 2.93. The van der Waals surface area contributed by atoms with Gasteiger partial charge in [0.05, 0.1) is 12.0 Å². The molecule has 0 heterocycles. The first-order chi connectivity index (χ1) is 8.06. The Labute approximate surface area is 103 Å². The lowest BCUT2D eigenvalue weighted by Crippen LogP contribution is -2.25. The number of hydrogen-bond acceptors (Lipinski definition) is 2. The van der Waals surface area contributed by atoms with Crippen LogP contribution in [0.25, 0.3) is 0 Å². The molecule has 0 aliphatic carbocycles. The first-order valence-electron chi connectivity index (χ1n) is 5.71. The van der Waals surface area contributed by atoms with Gasteiger partial charge in [-0.1, -0.05) is 30.3 Å². The highest BCUT2D eigenvalue weighted by Crippen LogP contribution is 2.28. The van der Waals surface area contributed by atoms with Crippen LogP contribution in [0.3, 0.4) is 0 Å². The molecule has 0 aliphatic heterocycles. The van der Waals surface area contributed by atoms with E-state index in [9.17, 15) is 4.79 Å². The lowest BCUT2D eigenvalue weighted by molar-refractivity contribution is -0.129. The number of nitrogens with zero attached hydrogens (tertiary/aromatic N) is 2. The molecular weight excluding hydrogens is 212 g/mol. The maximum Gasteiger partial charge on any atom is 0.222 e. The molecule has 1 aromatic rings. The van der Waals surface area contributed by atoms with Crippen LogP contribution in [0.5, 0.6) is 0 Å². The van der Waals surface area contributed by atoms with E-state index in [1.54, 1.807) is 19.0 Å². The highest BCUT2D eigenvalue weighted by atomic mass is 16.2. The number of hydrogen-bond donors (Lipinski definition) is 0. The standard InChI is InChI=1S/C14H18N2O/c1-11(10-15)13(9-14(17)16(2)3)12-7-5-4-6-8-12/h4-8,11,13H,9H2,1-3H3/t11-,13+/m0/s1. The van der Waals surface area contributed by atoms with Gasteiger partial charge < -0.3 is 4.90 Å². The third-order valence-corrected chi connectivity index (χ3v) is 2.93. The minimum atomic E-state index is -0.165. The van der Waals surface area contributed by atoms with Crippen molar-refractivity contribution in [2.24, 2.45) is 5.92 Å². The summed E-state index contributed by atoms with van der Waals surface area (Å²) in [4.78, 5) is 13.3. The van der Waals surface area contributed by atoms with E-state index < -0.39 is 0 Å². The predicted molar refractivity (Wildman–Crippen MR) is 67.3 cm³/mol. The maximum absolute atomic E-state index is 11.8. The van der Waals surface area contributed by atoms with E-state index in [0.717, 1.165) is 5.56 Å². The van der Waals surface area contributed by atoms with E-state index in [0.29, 0.717) is 6.42 Å². The average Bonchev–Trinajstić information content (AvgIpc) is 2.35. The molecule has 3 heteroatoms. The van der Waals surface area contributed by atoms with Gasteiger partial charge in [0.15, 0.2) is 0 Å². The topological polar surface area (TPSA) is 44.1 Å². The first kappa shape index (κ1) is 13.2. The minimum Gasteiger partial charge on any atom is -0.349 e. The van der Waals surface area contributed by atoms with Crippen molar-refractivity contribution in [3.63, 3.8) is 0 Å². The van der Waals surface area contributed by atoms with Gasteiger partial charge in [-0.25, -0.2) is 0 Å². The van der Waals surface area contributed by atoms with E-state index in [-0.39, 0.29) is 17.7 Å². The third kappa shape index (κ3) is 3.60. The van der Waals surface area contributed by atoms with Gasteiger partial charge in [-0.2, -0.15) is 5.26 Å². The molecule has 0 saturated heterocycles. The lowest BCUT2D eigenvalue weighted by atomic mass is 9.85. The summed E-state index contributed by atoms with van der Waals surface area (Å²) >= 11 is 0. The van der Waals surface area contributed by atoms with Gasteiger partial charge >= 0.3 is 0 Å². The number of amides is 1. The van der Waals surface area contributed by atoms with Crippen molar-refractivity contribution in [2.45, 2.75) is 19.3 Å². The van der Waals surface area contributed by atoms with Crippen LogP contribution in [0.15, 0.2) is 30.3 Å². The van der Waals surface area contributed by atoms with Crippen LogP contribution in [-0.2, 0) is 4.79 Å². The van der Waals surface area contributed by atoms with Gasteiger partial charge in [-0.3, -0.25) is 4.79 Å². The van der Waals surface area contributed by atoms with Crippen molar-refractivity contribution in [2.75, 3.05) is 14.1 Å². The fraction of sp³-hybridized carbons (Fsp3) is 0.429. The smallest absolute Gasteiger partial charge is 0.222 e. The van der Waals surface area contributed by atoms with Gasteiger partial charge in [0.25, 0.3) is 0 Å². The molecule has 17 heavy (non-hydrogen) atoms. The van der Waals surface area contributed by atoms with Crippen LogP contribution < -0.4 is 0 Å². The lowest BCUT2D eigenvalue weighted by Gasteiger charge is -2.21. The highest BCUT2D eigenvalue weighted by Gasteiger charge is 2.22. The first-order valence-corrected chi connectivity index (χ1v) is 5.71. The SMILES string of the molecule is C[C@@H](C#N)[C@@H](CC(=O)N(C)C)c1ccccc1. The molecule has 0 aliphatic rings. The van der Waals surface area contributed by atoms with Gasteiger partial charge in [0, 0.05) is 26.4 Å². The molecule has 1 aromatic carbocycles. The number of rotatable bonds is 4. The second kappa shape index (κ2) is 6.05. The number of carbonyl (C=O) groups is 1. The van der Waals surface area contributed by atoms with Crippen LogP contribution >= 0.6 is 0 Å². The van der Waals surface area contributed by atoms with Crippen molar-refractivity contribution in [3.8, 4) is 6.07 Å². The summed E-state index contributed by atoms with van der Waals surface area (Å²) < 4.78 is 0. The van der Waals surface area contributed by atoms with E-state index in [1.165, 1.54) is 0 Å². The van der Waals surface area contributed by atoms with Gasteiger partial charge in [0.1, 0.15) is 0 Å². The van der Waals surface area contributed by atoms with Crippen molar-refractivity contribution >= 4 is 5.91 Å². The quantitative estimate of drug-likeness (QED) is 0.797. The molecule has 3 nitrogen and oxygen atoms in total. The molecule has 0 unspecified atom stereocenters. The fourth-order valence-electron chi connectivity index (χ4n) is 1.74. The summed E-state index contributed by atoms with van der Waals surface area (Å²) in [5.41, 5.74) is 1.05. The van der Waals surface area contributed by atoms with Gasteiger partial charge in [-0.15, -0.1) is 0 Å². The Balaban J connectivity index is 2.90. The fourth-order valence-corrected chi connectivity index (χ4v) is 1.74. The number of benzene rings is 1. The Kier molecular flexibility index (Phi) is 4.71. The number of carbonyl (C=O) groups excluding carboxylic acids is 1. The summed E-state index contributed by atoms with van der Waals surface area (Å²) in [5.74, 6) is -0.140. The van der Waals surface area contributed by atoms with Crippen LogP contribution in [0.4, 0.5) is 0 Å². The van der Waals surface area contributed by atoms with Crippen LogP contribution in [0, 0.1) is 17.2 Å². The normalized spacial score (nSPS) is 13.5. The van der Waals surface area contributed by atoms with Gasteiger partial charge in [-0.05, 0) is 12.5 Å². The molecule has 0 spiro atoms. The maximum atomic E-state index is 11.8. The molecule has 1 rings (SSSR count). The Morgan fingerprint density at radius 3 is 2.41 bits per heavy atom. The van der Waals surface area contributed by atoms with E-state index in [1.807, 2.05) is 37.3 Å². The Morgan fingerprint density at radius 2 is 1.94 bits per heavy atom. The molecule has 1 amide bonds. The summed E-state index contributed by atoms with van der Waals surface area (Å²) in [6.07, 6.45) is 0.381. The summed E-state index contributed by atoms with van der Waals surface area (Å²) in [6, 6.07) is 12.0. The molecular formula is C14H18N2O. The summed E-state index contributed by atoms with van der Waals surface area (Å²) in [7, 11) is 3.48. The molecule has 2 atom stereocenters. The molecule has 0 saturated carbocycles. The Bertz CT molecular complexity index is 406. The summed E-state index contributed by atoms with van der Waals surface area (Å²) in [6.45, 7) is 1.86. The van der Waals surface area contributed by atoms with Crippen LogP contribution in [0.2, 0.25) is 0 Å². The molecule has 0 radical (unpaired) electrons. The highest BCUT2D eigenvalue weighted by molar-refractivity contribution is 5.76. The molecule has 0 aromatic heterocycles. The average molecular weight is 230 g/mol. The van der Waals surface area contributed by atoms with Crippen molar-refractivity contribution in [3.05, 3.63) is 35.9 Å². The monoisotopic (exact) mass is 230 g/mol. The minimum absolute atomic E-state index is 0.0314.